The topological polar surface area (TPSA) is 88.7 Å². The second-order valence-electron chi connectivity index (χ2n) is 7.36. The van der Waals surface area contributed by atoms with Gasteiger partial charge in [0, 0.05) is 17.3 Å². The van der Waals surface area contributed by atoms with Gasteiger partial charge < -0.3 is 5.32 Å². The fourth-order valence-electron chi connectivity index (χ4n) is 4.00. The number of aryl methyl sites for hydroxylation is 1. The third-order valence-corrected chi connectivity index (χ3v) is 5.38. The molecule has 2 amide bonds. The number of rotatable bonds is 2. The van der Waals surface area contributed by atoms with Gasteiger partial charge in [-0.25, -0.2) is 4.99 Å². The third-order valence-electron chi connectivity index (χ3n) is 5.38. The molecule has 7 nitrogen and oxygen atoms in total. The molecule has 1 unspecified atom stereocenters. The van der Waals surface area contributed by atoms with Gasteiger partial charge in [0.1, 0.15) is 5.82 Å². The Bertz CT molecular complexity index is 1220. The molecule has 0 spiro atoms. The number of fused-ring (bicyclic) bond motifs is 2. The molecule has 1 aromatic heterocycles. The van der Waals surface area contributed by atoms with Crippen molar-refractivity contribution in [3.63, 3.8) is 0 Å². The van der Waals surface area contributed by atoms with Gasteiger partial charge in [-0.3, -0.25) is 9.59 Å². The lowest BCUT2D eigenvalue weighted by atomic mass is 10.0. The molecular weight excluding hydrogens is 366 g/mol. The Morgan fingerprint density at radius 2 is 1.97 bits per heavy atom. The van der Waals surface area contributed by atoms with Crippen LogP contribution in [0, 0.1) is 12.8 Å². The molecule has 1 aliphatic carbocycles. The van der Waals surface area contributed by atoms with Crippen molar-refractivity contribution in [3.05, 3.63) is 59.8 Å². The number of carbonyl (C=O) groups is 2. The Morgan fingerprint density at radius 3 is 2.86 bits per heavy atom. The van der Waals surface area contributed by atoms with E-state index in [1.54, 1.807) is 12.1 Å². The molecule has 29 heavy (non-hydrogen) atoms. The summed E-state index contributed by atoms with van der Waals surface area (Å²) in [7, 11) is 0. The minimum atomic E-state index is -0.253. The number of aromatic nitrogens is 2. The number of aliphatic imine (C=N–C) groups is 2. The first-order valence-electron chi connectivity index (χ1n) is 9.66. The number of nitrogens with one attached hydrogen (secondary N) is 1. The Morgan fingerprint density at radius 1 is 1.14 bits per heavy atom. The average molecular weight is 385 g/mol. The van der Waals surface area contributed by atoms with Crippen LogP contribution in [0.5, 0.6) is 0 Å². The Labute approximate surface area is 167 Å². The number of hydrogen-bond acceptors (Lipinski definition) is 4. The van der Waals surface area contributed by atoms with Gasteiger partial charge in [-0.05, 0) is 43.0 Å². The minimum absolute atomic E-state index is 0.179. The molecule has 1 fully saturated rings. The first-order chi connectivity index (χ1) is 14.1. The van der Waals surface area contributed by atoms with Gasteiger partial charge in [0.2, 0.25) is 0 Å². The van der Waals surface area contributed by atoms with Crippen LogP contribution < -0.4 is 5.32 Å². The highest BCUT2D eigenvalue weighted by Crippen LogP contribution is 2.28. The van der Waals surface area contributed by atoms with E-state index >= 15 is 0 Å². The van der Waals surface area contributed by atoms with Crippen LogP contribution in [0.3, 0.4) is 0 Å². The van der Waals surface area contributed by atoms with Gasteiger partial charge in [-0.1, -0.05) is 36.4 Å². The van der Waals surface area contributed by atoms with Crippen molar-refractivity contribution in [2.24, 2.45) is 15.9 Å². The van der Waals surface area contributed by atoms with Gasteiger partial charge in [0.25, 0.3) is 17.8 Å². The van der Waals surface area contributed by atoms with Crippen molar-refractivity contribution in [3.8, 4) is 0 Å². The maximum atomic E-state index is 13.0. The van der Waals surface area contributed by atoms with E-state index in [0.717, 1.165) is 35.7 Å². The molecule has 3 aromatic rings. The summed E-state index contributed by atoms with van der Waals surface area (Å²) in [6.07, 6.45) is 2.55. The minimum Gasteiger partial charge on any atom is -0.306 e. The smallest absolute Gasteiger partial charge is 0.257 e. The van der Waals surface area contributed by atoms with E-state index < -0.39 is 0 Å². The number of amides is 2. The van der Waals surface area contributed by atoms with E-state index in [0.29, 0.717) is 17.1 Å². The number of nitrogens with zero attached hydrogens (tertiary/aromatic N) is 4. The predicted molar refractivity (Wildman–Crippen MR) is 111 cm³/mol. The van der Waals surface area contributed by atoms with E-state index in [-0.39, 0.29) is 23.7 Å². The van der Waals surface area contributed by atoms with E-state index in [2.05, 4.69) is 20.4 Å². The Kier molecular flexibility index (Phi) is 4.08. The van der Waals surface area contributed by atoms with Crippen molar-refractivity contribution < 1.29 is 9.59 Å². The Hall–Kier alpha value is -3.61. The normalized spacial score (nSPS) is 18.4. The Balaban J connectivity index is 1.50. The van der Waals surface area contributed by atoms with E-state index in [4.69, 9.17) is 0 Å². The zero-order chi connectivity index (χ0) is 20.0. The second kappa shape index (κ2) is 6.77. The third kappa shape index (κ3) is 3.04. The molecule has 1 atom stereocenters. The van der Waals surface area contributed by atoms with Gasteiger partial charge in [0.05, 0.1) is 11.6 Å². The molecule has 144 valence electrons. The van der Waals surface area contributed by atoms with E-state index in [1.165, 1.54) is 4.68 Å². The summed E-state index contributed by atoms with van der Waals surface area (Å²) in [5.74, 6) is 0.0282. The summed E-state index contributed by atoms with van der Waals surface area (Å²) in [5.41, 5.74) is 2.12. The van der Waals surface area contributed by atoms with Crippen molar-refractivity contribution in [1.29, 1.82) is 0 Å². The summed E-state index contributed by atoms with van der Waals surface area (Å²) < 4.78 is 1.44. The van der Waals surface area contributed by atoms with Crippen LogP contribution in [0.2, 0.25) is 0 Å². The SMILES string of the molecule is Cc1cc(NC(=O)c2cccc3ccccc23)n(C2=NC(=O)C3CCCC3=N2)n1. The highest BCUT2D eigenvalue weighted by atomic mass is 16.2. The van der Waals surface area contributed by atoms with Crippen LogP contribution in [0.4, 0.5) is 5.82 Å². The van der Waals surface area contributed by atoms with Crippen LogP contribution in [0.15, 0.2) is 58.5 Å². The summed E-state index contributed by atoms with van der Waals surface area (Å²) in [5, 5.41) is 9.18. The maximum Gasteiger partial charge on any atom is 0.257 e. The predicted octanol–water partition coefficient (Wildman–Crippen LogP) is 3.58. The number of benzene rings is 2. The van der Waals surface area contributed by atoms with Gasteiger partial charge in [-0.2, -0.15) is 14.8 Å². The lowest BCUT2D eigenvalue weighted by molar-refractivity contribution is -0.119. The molecular formula is C22H19N5O2. The maximum absolute atomic E-state index is 13.0. The van der Waals surface area contributed by atoms with Crippen molar-refractivity contribution in [2.45, 2.75) is 26.2 Å². The molecule has 1 saturated carbocycles. The molecule has 5 rings (SSSR count). The highest BCUT2D eigenvalue weighted by molar-refractivity contribution is 6.18. The van der Waals surface area contributed by atoms with E-state index in [9.17, 15) is 9.59 Å². The standard InChI is InChI=1S/C22H19N5O2/c1-13-12-19(24-20(28)16-9-4-7-14-6-2-3-8-15(14)16)27(26-13)22-23-18-11-5-10-17(18)21(29)25-22/h2-4,6-9,12,17H,5,10-11H2,1H3,(H,24,28). The molecule has 1 aliphatic heterocycles. The van der Waals surface area contributed by atoms with Crippen LogP contribution in [0.1, 0.15) is 35.3 Å². The lowest BCUT2D eigenvalue weighted by Gasteiger charge is -2.15. The number of carbonyl (C=O) groups excluding carboxylic acids is 2. The summed E-state index contributed by atoms with van der Waals surface area (Å²) >= 11 is 0. The first-order valence-corrected chi connectivity index (χ1v) is 9.66. The molecule has 0 saturated heterocycles. The zero-order valence-corrected chi connectivity index (χ0v) is 15.9. The van der Waals surface area contributed by atoms with Crippen molar-refractivity contribution >= 4 is 40.1 Å². The van der Waals surface area contributed by atoms with Gasteiger partial charge in [0.15, 0.2) is 0 Å². The number of anilines is 1. The van der Waals surface area contributed by atoms with Crippen LogP contribution in [0.25, 0.3) is 10.8 Å². The average Bonchev–Trinajstić information content (AvgIpc) is 3.34. The monoisotopic (exact) mass is 385 g/mol. The largest absolute Gasteiger partial charge is 0.306 e. The quantitative estimate of drug-likeness (QED) is 0.731. The summed E-state index contributed by atoms with van der Waals surface area (Å²) in [6.45, 7) is 1.82. The fraction of sp³-hybridized carbons (Fsp3) is 0.227. The van der Waals surface area contributed by atoms with Gasteiger partial charge in [-0.15, -0.1) is 0 Å². The second-order valence-corrected chi connectivity index (χ2v) is 7.36. The van der Waals surface area contributed by atoms with E-state index in [1.807, 2.05) is 43.3 Å². The fourth-order valence-corrected chi connectivity index (χ4v) is 4.00. The molecule has 2 aromatic carbocycles. The zero-order valence-electron chi connectivity index (χ0n) is 15.9. The summed E-state index contributed by atoms with van der Waals surface area (Å²) in [6, 6.07) is 15.1. The molecule has 7 heteroatoms. The van der Waals surface area contributed by atoms with Gasteiger partial charge >= 0.3 is 0 Å². The van der Waals surface area contributed by atoms with Crippen molar-refractivity contribution in [1.82, 2.24) is 9.78 Å². The molecule has 2 heterocycles. The van der Waals surface area contributed by atoms with Crippen molar-refractivity contribution in [2.75, 3.05) is 5.32 Å². The molecule has 0 bridgehead atoms. The molecule has 0 radical (unpaired) electrons. The molecule has 1 N–H and O–H groups in total. The first kappa shape index (κ1) is 17.5. The van der Waals surface area contributed by atoms with Crippen LogP contribution in [-0.2, 0) is 4.79 Å². The van der Waals surface area contributed by atoms with Crippen LogP contribution >= 0.6 is 0 Å². The lowest BCUT2D eigenvalue weighted by Crippen LogP contribution is -2.29. The highest BCUT2D eigenvalue weighted by Gasteiger charge is 2.33. The van der Waals surface area contributed by atoms with Crippen LogP contribution in [-0.4, -0.2) is 33.3 Å². The number of hydrogen-bond donors (Lipinski definition) is 1. The summed E-state index contributed by atoms with van der Waals surface area (Å²) in [4.78, 5) is 34.1. The molecule has 2 aliphatic rings.